The fourth-order valence-corrected chi connectivity index (χ4v) is 1.98. The van der Waals surface area contributed by atoms with Crippen LogP contribution in [0.25, 0.3) is 0 Å². The largest absolute Gasteiger partial charge is 0.484 e. The Morgan fingerprint density at radius 1 is 1.13 bits per heavy atom. The molecule has 1 aromatic heterocycles. The van der Waals surface area contributed by atoms with Crippen molar-refractivity contribution in [3.63, 3.8) is 0 Å². The highest BCUT2D eigenvalue weighted by atomic mass is 19.4. The zero-order valence-electron chi connectivity index (χ0n) is 11.8. The second-order valence-electron chi connectivity index (χ2n) is 5.04. The van der Waals surface area contributed by atoms with Crippen LogP contribution in [0.3, 0.4) is 0 Å². The van der Waals surface area contributed by atoms with Gasteiger partial charge in [0.05, 0.1) is 0 Å². The van der Waals surface area contributed by atoms with Gasteiger partial charge in [0, 0.05) is 19.2 Å². The molecule has 2 aromatic rings. The highest BCUT2D eigenvalue weighted by Gasteiger charge is 2.34. The monoisotopic (exact) mass is 331 g/mol. The molecule has 1 aliphatic rings. The van der Waals surface area contributed by atoms with Crippen molar-refractivity contribution in [2.75, 3.05) is 13.1 Å². The first-order chi connectivity index (χ1) is 10.9. The predicted octanol–water partition coefficient (Wildman–Crippen LogP) is 3.37. The summed E-state index contributed by atoms with van der Waals surface area (Å²) in [4.78, 5) is 0. The normalized spacial score (nSPS) is 15.3. The third-order valence-electron chi connectivity index (χ3n) is 3.25. The Bertz CT molecular complexity index is 680. The molecule has 0 radical (unpaired) electrons. The van der Waals surface area contributed by atoms with Crippen LogP contribution in [-0.4, -0.2) is 19.2 Å². The SMILES string of the molecule is Fc1ccc(OCc2ccc(C(F)(F)F)o2)c(OC2CNC2)c1. The van der Waals surface area contributed by atoms with E-state index in [0.717, 1.165) is 6.07 Å². The van der Waals surface area contributed by atoms with Crippen LogP contribution in [0.2, 0.25) is 0 Å². The minimum absolute atomic E-state index is 0.0120. The Hall–Kier alpha value is -2.22. The van der Waals surface area contributed by atoms with Gasteiger partial charge in [0.2, 0.25) is 5.76 Å². The Balaban J connectivity index is 1.68. The number of ether oxygens (including phenoxy) is 2. The molecule has 2 heterocycles. The molecule has 1 aliphatic heterocycles. The van der Waals surface area contributed by atoms with E-state index >= 15 is 0 Å². The van der Waals surface area contributed by atoms with E-state index in [2.05, 4.69) is 9.73 Å². The number of halogens is 4. The number of nitrogens with one attached hydrogen (secondary N) is 1. The molecular weight excluding hydrogens is 318 g/mol. The van der Waals surface area contributed by atoms with Gasteiger partial charge in [-0.3, -0.25) is 0 Å². The lowest BCUT2D eigenvalue weighted by Crippen LogP contribution is -2.50. The molecular formula is C15H13F4NO3. The summed E-state index contributed by atoms with van der Waals surface area (Å²) in [6, 6.07) is 5.75. The molecule has 4 nitrogen and oxygen atoms in total. The highest BCUT2D eigenvalue weighted by molar-refractivity contribution is 5.40. The molecule has 0 amide bonds. The lowest BCUT2D eigenvalue weighted by Gasteiger charge is -2.28. The summed E-state index contributed by atoms with van der Waals surface area (Å²) in [6.07, 6.45) is -4.63. The Morgan fingerprint density at radius 3 is 2.52 bits per heavy atom. The van der Waals surface area contributed by atoms with Gasteiger partial charge in [-0.25, -0.2) is 4.39 Å². The Kier molecular flexibility index (Phi) is 4.16. The van der Waals surface area contributed by atoms with Crippen molar-refractivity contribution in [3.8, 4) is 11.5 Å². The summed E-state index contributed by atoms with van der Waals surface area (Å²) in [6.45, 7) is 1.06. The molecule has 0 atom stereocenters. The van der Waals surface area contributed by atoms with Crippen molar-refractivity contribution >= 4 is 0 Å². The van der Waals surface area contributed by atoms with Crippen LogP contribution >= 0.6 is 0 Å². The number of rotatable bonds is 5. The molecule has 1 fully saturated rings. The molecule has 1 saturated heterocycles. The van der Waals surface area contributed by atoms with Gasteiger partial charge >= 0.3 is 6.18 Å². The molecule has 8 heteroatoms. The second kappa shape index (κ2) is 6.11. The van der Waals surface area contributed by atoms with Crippen LogP contribution in [0.1, 0.15) is 11.5 Å². The number of hydrogen-bond donors (Lipinski definition) is 1. The maximum Gasteiger partial charge on any atom is 0.449 e. The van der Waals surface area contributed by atoms with Gasteiger partial charge < -0.3 is 19.2 Å². The van der Waals surface area contributed by atoms with Crippen molar-refractivity contribution in [1.82, 2.24) is 5.32 Å². The predicted molar refractivity (Wildman–Crippen MR) is 71.7 cm³/mol. The van der Waals surface area contributed by atoms with Crippen LogP contribution in [0.4, 0.5) is 17.6 Å². The second-order valence-corrected chi connectivity index (χ2v) is 5.04. The molecule has 0 aliphatic carbocycles. The van der Waals surface area contributed by atoms with Gasteiger partial charge in [0.1, 0.15) is 24.3 Å². The number of benzene rings is 1. The van der Waals surface area contributed by atoms with Crippen molar-refractivity contribution < 1.29 is 31.5 Å². The maximum absolute atomic E-state index is 13.3. The van der Waals surface area contributed by atoms with Crippen LogP contribution in [0, 0.1) is 5.82 Å². The van der Waals surface area contributed by atoms with Crippen molar-refractivity contribution in [3.05, 3.63) is 47.7 Å². The van der Waals surface area contributed by atoms with E-state index in [1.165, 1.54) is 24.3 Å². The summed E-state index contributed by atoms with van der Waals surface area (Å²) < 4.78 is 66.3. The Morgan fingerprint density at radius 2 is 1.91 bits per heavy atom. The molecule has 23 heavy (non-hydrogen) atoms. The fraction of sp³-hybridized carbons (Fsp3) is 0.333. The van der Waals surface area contributed by atoms with E-state index in [0.29, 0.717) is 13.1 Å². The summed E-state index contributed by atoms with van der Waals surface area (Å²) in [7, 11) is 0. The minimum Gasteiger partial charge on any atom is -0.484 e. The van der Waals surface area contributed by atoms with Gasteiger partial charge in [0.25, 0.3) is 0 Å². The fourth-order valence-electron chi connectivity index (χ4n) is 1.98. The highest BCUT2D eigenvalue weighted by Crippen LogP contribution is 2.32. The van der Waals surface area contributed by atoms with E-state index in [1.807, 2.05) is 0 Å². The van der Waals surface area contributed by atoms with Gasteiger partial charge in [0.15, 0.2) is 11.5 Å². The Labute approximate surface area is 129 Å². The van der Waals surface area contributed by atoms with Gasteiger partial charge in [-0.05, 0) is 24.3 Å². The summed E-state index contributed by atoms with van der Waals surface area (Å²) in [5.41, 5.74) is 0. The lowest BCUT2D eigenvalue weighted by atomic mass is 10.2. The number of hydrogen-bond acceptors (Lipinski definition) is 4. The zero-order valence-corrected chi connectivity index (χ0v) is 11.8. The maximum atomic E-state index is 13.3. The average molecular weight is 331 g/mol. The standard InChI is InChI=1S/C15H13F4NO3/c16-9-1-3-12(13(5-9)22-11-6-20-7-11)21-8-10-2-4-14(23-10)15(17,18)19/h1-5,11,20H,6-8H2. The first-order valence-electron chi connectivity index (χ1n) is 6.87. The molecule has 0 spiro atoms. The summed E-state index contributed by atoms with van der Waals surface area (Å²) >= 11 is 0. The molecule has 124 valence electrons. The van der Waals surface area contributed by atoms with E-state index in [9.17, 15) is 17.6 Å². The topological polar surface area (TPSA) is 43.6 Å². The van der Waals surface area contributed by atoms with E-state index in [4.69, 9.17) is 9.47 Å². The van der Waals surface area contributed by atoms with Crippen molar-refractivity contribution in [2.24, 2.45) is 0 Å². The van der Waals surface area contributed by atoms with Gasteiger partial charge in [-0.15, -0.1) is 0 Å². The summed E-state index contributed by atoms with van der Waals surface area (Å²) in [5.74, 6) is -1.12. The van der Waals surface area contributed by atoms with Gasteiger partial charge in [-0.1, -0.05) is 0 Å². The van der Waals surface area contributed by atoms with Crippen LogP contribution in [0.15, 0.2) is 34.7 Å². The van der Waals surface area contributed by atoms with Crippen molar-refractivity contribution in [2.45, 2.75) is 18.9 Å². The van der Waals surface area contributed by atoms with Crippen molar-refractivity contribution in [1.29, 1.82) is 0 Å². The number of furan rings is 1. The third kappa shape index (κ3) is 3.76. The van der Waals surface area contributed by atoms with Crippen LogP contribution in [-0.2, 0) is 12.8 Å². The van der Waals surface area contributed by atoms with Crippen LogP contribution < -0.4 is 14.8 Å². The van der Waals surface area contributed by atoms with E-state index in [-0.39, 0.29) is 30.0 Å². The molecule has 0 unspecified atom stereocenters. The smallest absolute Gasteiger partial charge is 0.449 e. The van der Waals surface area contributed by atoms with Crippen LogP contribution in [0.5, 0.6) is 11.5 Å². The molecule has 3 rings (SSSR count). The van der Waals surface area contributed by atoms with E-state index < -0.39 is 17.8 Å². The molecule has 0 saturated carbocycles. The lowest BCUT2D eigenvalue weighted by molar-refractivity contribution is -0.153. The number of alkyl halides is 3. The molecule has 1 aromatic carbocycles. The molecule has 1 N–H and O–H groups in total. The van der Waals surface area contributed by atoms with Gasteiger partial charge in [-0.2, -0.15) is 13.2 Å². The first kappa shape index (κ1) is 15.7. The van der Waals surface area contributed by atoms with E-state index in [1.54, 1.807) is 0 Å². The molecule has 0 bridgehead atoms. The zero-order chi connectivity index (χ0) is 16.4. The average Bonchev–Trinajstić information content (AvgIpc) is 2.91. The third-order valence-corrected chi connectivity index (χ3v) is 3.25. The summed E-state index contributed by atoms with van der Waals surface area (Å²) in [5, 5.41) is 3.01. The minimum atomic E-state index is -4.54. The first-order valence-corrected chi connectivity index (χ1v) is 6.87. The quantitative estimate of drug-likeness (QED) is 0.853.